The molecule has 1 heterocycles. The normalized spacial score (nSPS) is 12.6. The minimum Gasteiger partial charge on any atom is -0.439 e. The zero-order chi connectivity index (χ0) is 13.8. The van der Waals surface area contributed by atoms with Gasteiger partial charge in [-0.15, -0.1) is 0 Å². The van der Waals surface area contributed by atoms with Crippen molar-refractivity contribution >= 4 is 27.7 Å². The van der Waals surface area contributed by atoms with Crippen LogP contribution in [0.5, 0.6) is 0 Å². The average Bonchev–Trinajstić information content (AvgIpc) is 2.78. The zero-order valence-electron chi connectivity index (χ0n) is 11.0. The molecule has 0 saturated carbocycles. The van der Waals surface area contributed by atoms with Crippen LogP contribution in [0.3, 0.4) is 0 Å². The molecule has 0 aliphatic carbocycles. The molecule has 0 aliphatic heterocycles. The van der Waals surface area contributed by atoms with Gasteiger partial charge in [0.25, 0.3) is 5.22 Å². The molecule has 1 aromatic heterocycles. The molecular formula is C14H17BrN2OS. The van der Waals surface area contributed by atoms with Crippen molar-refractivity contribution in [2.45, 2.75) is 42.8 Å². The summed E-state index contributed by atoms with van der Waals surface area (Å²) in [4.78, 5) is 5.47. The number of rotatable bonds is 5. The van der Waals surface area contributed by atoms with E-state index < -0.39 is 0 Å². The monoisotopic (exact) mass is 340 g/mol. The molecule has 0 amide bonds. The number of halogens is 1. The summed E-state index contributed by atoms with van der Waals surface area (Å²) < 4.78 is 6.46. The quantitative estimate of drug-likeness (QED) is 0.887. The summed E-state index contributed by atoms with van der Waals surface area (Å²) in [7, 11) is 0. The Hall–Kier alpha value is -0.780. The average molecular weight is 341 g/mol. The first-order valence-electron chi connectivity index (χ1n) is 6.22. The van der Waals surface area contributed by atoms with Crippen LogP contribution < -0.4 is 5.73 Å². The molecule has 2 rings (SSSR count). The van der Waals surface area contributed by atoms with Gasteiger partial charge in [-0.25, -0.2) is 4.98 Å². The molecule has 0 fully saturated rings. The van der Waals surface area contributed by atoms with Crippen molar-refractivity contribution in [2.24, 2.45) is 5.73 Å². The smallest absolute Gasteiger partial charge is 0.260 e. The third-order valence-electron chi connectivity index (χ3n) is 2.82. The second-order valence-corrected chi connectivity index (χ2v) is 6.39. The highest BCUT2D eigenvalue weighted by atomic mass is 79.9. The molecule has 1 atom stereocenters. The van der Waals surface area contributed by atoms with Crippen molar-refractivity contribution in [1.82, 2.24) is 4.98 Å². The predicted octanol–water partition coefficient (Wildman–Crippen LogP) is 4.18. The Kier molecular flexibility index (Phi) is 5.07. The van der Waals surface area contributed by atoms with Gasteiger partial charge in [0, 0.05) is 15.4 Å². The van der Waals surface area contributed by atoms with E-state index in [1.54, 1.807) is 18.0 Å². The number of nitrogens with zero attached hydrogens (tertiary/aromatic N) is 1. The van der Waals surface area contributed by atoms with E-state index in [1.165, 1.54) is 5.56 Å². The fraction of sp³-hybridized carbons (Fsp3) is 0.357. The first-order valence-corrected chi connectivity index (χ1v) is 7.83. The van der Waals surface area contributed by atoms with E-state index in [-0.39, 0.29) is 6.04 Å². The van der Waals surface area contributed by atoms with Crippen LogP contribution in [0.25, 0.3) is 0 Å². The minimum absolute atomic E-state index is 0.181. The molecule has 0 saturated heterocycles. The zero-order valence-corrected chi connectivity index (χ0v) is 13.4. The van der Waals surface area contributed by atoms with E-state index in [4.69, 9.17) is 10.2 Å². The number of benzene rings is 1. The molecule has 1 unspecified atom stereocenters. The molecule has 1 aromatic carbocycles. The van der Waals surface area contributed by atoms with Crippen LogP contribution in [-0.2, 0) is 6.42 Å². The summed E-state index contributed by atoms with van der Waals surface area (Å²) in [5.41, 5.74) is 8.18. The van der Waals surface area contributed by atoms with Crippen LogP contribution in [0, 0.1) is 6.92 Å². The van der Waals surface area contributed by atoms with E-state index >= 15 is 0 Å². The van der Waals surface area contributed by atoms with Crippen molar-refractivity contribution in [3.05, 3.63) is 40.2 Å². The lowest BCUT2D eigenvalue weighted by atomic mass is 10.1. The van der Waals surface area contributed by atoms with Gasteiger partial charge in [-0.1, -0.05) is 22.9 Å². The molecule has 5 heteroatoms. The largest absolute Gasteiger partial charge is 0.439 e. The Morgan fingerprint density at radius 1 is 1.47 bits per heavy atom. The molecule has 0 bridgehead atoms. The van der Waals surface area contributed by atoms with E-state index in [0.29, 0.717) is 5.22 Å². The molecule has 2 aromatic rings. The molecule has 2 N–H and O–H groups in total. The maximum atomic E-state index is 6.06. The van der Waals surface area contributed by atoms with Crippen molar-refractivity contribution in [3.63, 3.8) is 0 Å². The third-order valence-corrected chi connectivity index (χ3v) is 4.30. The molecule has 102 valence electrons. The van der Waals surface area contributed by atoms with E-state index in [0.717, 1.165) is 27.9 Å². The maximum absolute atomic E-state index is 6.06. The van der Waals surface area contributed by atoms with Gasteiger partial charge in [0.15, 0.2) is 0 Å². The van der Waals surface area contributed by atoms with Gasteiger partial charge in [-0.2, -0.15) is 0 Å². The van der Waals surface area contributed by atoms with Crippen molar-refractivity contribution < 1.29 is 4.42 Å². The van der Waals surface area contributed by atoms with Crippen LogP contribution in [0.2, 0.25) is 0 Å². The standard InChI is InChI=1S/C14H17BrN2OS/c1-3-12(16)7-10-6-11(15)4-5-13(10)19-14-17-9(2)8-18-14/h4-6,8,12H,3,7,16H2,1-2H3. The number of nitrogens with two attached hydrogens (primary N) is 1. The van der Waals surface area contributed by atoms with Crippen molar-refractivity contribution in [1.29, 1.82) is 0 Å². The first kappa shape index (κ1) is 14.6. The highest BCUT2D eigenvalue weighted by Gasteiger charge is 2.11. The summed E-state index contributed by atoms with van der Waals surface area (Å²) in [5, 5.41) is 0.672. The number of aryl methyl sites for hydroxylation is 1. The second-order valence-electron chi connectivity index (χ2n) is 4.48. The van der Waals surface area contributed by atoms with Crippen LogP contribution in [0.4, 0.5) is 0 Å². The minimum atomic E-state index is 0.181. The fourth-order valence-electron chi connectivity index (χ4n) is 1.71. The lowest BCUT2D eigenvalue weighted by Crippen LogP contribution is -2.21. The Morgan fingerprint density at radius 3 is 2.89 bits per heavy atom. The van der Waals surface area contributed by atoms with E-state index in [2.05, 4.69) is 40.0 Å². The van der Waals surface area contributed by atoms with Crippen LogP contribution >= 0.6 is 27.7 Å². The number of hydrogen-bond donors (Lipinski definition) is 1. The molecule has 3 nitrogen and oxygen atoms in total. The van der Waals surface area contributed by atoms with Gasteiger partial charge in [-0.05, 0) is 55.3 Å². The van der Waals surface area contributed by atoms with Crippen LogP contribution in [0.1, 0.15) is 24.6 Å². The molecule has 0 radical (unpaired) electrons. The molecule has 19 heavy (non-hydrogen) atoms. The van der Waals surface area contributed by atoms with Gasteiger partial charge in [0.1, 0.15) is 6.26 Å². The maximum Gasteiger partial charge on any atom is 0.260 e. The highest BCUT2D eigenvalue weighted by molar-refractivity contribution is 9.10. The lowest BCUT2D eigenvalue weighted by molar-refractivity contribution is 0.454. The van der Waals surface area contributed by atoms with Gasteiger partial charge < -0.3 is 10.2 Å². The molecule has 0 aliphatic rings. The molecule has 0 spiro atoms. The van der Waals surface area contributed by atoms with Gasteiger partial charge in [0.05, 0.1) is 5.69 Å². The number of hydrogen-bond acceptors (Lipinski definition) is 4. The Morgan fingerprint density at radius 2 is 2.26 bits per heavy atom. The second kappa shape index (κ2) is 6.59. The van der Waals surface area contributed by atoms with Crippen LogP contribution in [0.15, 0.2) is 43.5 Å². The summed E-state index contributed by atoms with van der Waals surface area (Å²) in [6, 6.07) is 6.40. The van der Waals surface area contributed by atoms with Gasteiger partial charge in [0.2, 0.25) is 0 Å². The Labute approximate surface area is 126 Å². The lowest BCUT2D eigenvalue weighted by Gasteiger charge is -2.12. The molecular weight excluding hydrogens is 324 g/mol. The number of aromatic nitrogens is 1. The number of oxazole rings is 1. The Balaban J connectivity index is 2.23. The Bertz CT molecular complexity index is 556. The SMILES string of the molecule is CCC(N)Cc1cc(Br)ccc1Sc1nc(C)co1. The van der Waals surface area contributed by atoms with Crippen molar-refractivity contribution in [3.8, 4) is 0 Å². The van der Waals surface area contributed by atoms with E-state index in [9.17, 15) is 0 Å². The highest BCUT2D eigenvalue weighted by Crippen LogP contribution is 2.32. The fourth-order valence-corrected chi connectivity index (χ4v) is 3.00. The predicted molar refractivity (Wildman–Crippen MR) is 81.5 cm³/mol. The van der Waals surface area contributed by atoms with Crippen molar-refractivity contribution in [2.75, 3.05) is 0 Å². The third kappa shape index (κ3) is 4.09. The summed E-state index contributed by atoms with van der Waals surface area (Å²) >= 11 is 5.05. The van der Waals surface area contributed by atoms with Gasteiger partial charge in [-0.3, -0.25) is 0 Å². The van der Waals surface area contributed by atoms with E-state index in [1.807, 2.05) is 13.0 Å². The van der Waals surface area contributed by atoms with Gasteiger partial charge >= 0.3 is 0 Å². The topological polar surface area (TPSA) is 52.0 Å². The summed E-state index contributed by atoms with van der Waals surface area (Å²) in [6.45, 7) is 4.02. The first-order chi connectivity index (χ1) is 9.08. The summed E-state index contributed by atoms with van der Waals surface area (Å²) in [5.74, 6) is 0. The van der Waals surface area contributed by atoms with Crippen LogP contribution in [-0.4, -0.2) is 11.0 Å². The summed E-state index contributed by atoms with van der Waals surface area (Å²) in [6.07, 6.45) is 3.49.